The third-order valence-electron chi connectivity index (χ3n) is 5.04. The van der Waals surface area contributed by atoms with Crippen molar-refractivity contribution in [1.29, 1.82) is 0 Å². The molecule has 1 aromatic carbocycles. The molecule has 1 aromatic rings. The molecule has 0 aliphatic rings. The summed E-state index contributed by atoms with van der Waals surface area (Å²) in [7, 11) is -4.26. The van der Waals surface area contributed by atoms with Gasteiger partial charge in [0.15, 0.2) is 0 Å². The Morgan fingerprint density at radius 1 is 0.679 bits per heavy atom. The van der Waals surface area contributed by atoms with Crippen LogP contribution < -0.4 is 0 Å². The Hall–Kier alpha value is -0.520. The van der Waals surface area contributed by atoms with Crippen molar-refractivity contribution in [3.63, 3.8) is 0 Å². The van der Waals surface area contributed by atoms with Gasteiger partial charge < -0.3 is 0 Å². The number of hydrogen-bond acceptors (Lipinski definition) is 2. The van der Waals surface area contributed by atoms with Crippen LogP contribution in [-0.4, -0.2) is 36.0 Å². The Balaban J connectivity index is 0.000000567. The van der Waals surface area contributed by atoms with Crippen molar-refractivity contribution in [3.8, 4) is 0 Å². The molecule has 0 saturated carbocycles. The highest BCUT2D eigenvalue weighted by molar-refractivity contribution is 8.33. The van der Waals surface area contributed by atoms with Crippen molar-refractivity contribution in [3.05, 3.63) is 29.8 Å². The highest BCUT2D eigenvalue weighted by Crippen LogP contribution is 2.51. The second-order valence-electron chi connectivity index (χ2n) is 7.74. The Labute approximate surface area is 176 Å². The summed E-state index contributed by atoms with van der Waals surface area (Å²) in [6, 6.07) is 5.99. The van der Waals surface area contributed by atoms with Gasteiger partial charge in [0.1, 0.15) is 0 Å². The van der Waals surface area contributed by atoms with E-state index in [0.29, 0.717) is 0 Å². The van der Waals surface area contributed by atoms with Crippen LogP contribution in [0.4, 0.5) is 0 Å². The molecule has 1 N–H and O–H groups in total. The van der Waals surface area contributed by atoms with Crippen LogP contribution in [0.5, 0.6) is 0 Å². The fraction of sp³-hybridized carbons (Fsp3) is 0.739. The van der Waals surface area contributed by atoms with Crippen LogP contribution in [0.1, 0.15) is 84.6 Å². The van der Waals surface area contributed by atoms with Crippen LogP contribution in [-0.2, 0) is 10.1 Å². The highest BCUT2D eigenvalue weighted by Gasteiger charge is 2.21. The van der Waals surface area contributed by atoms with Gasteiger partial charge in [0.2, 0.25) is 0 Å². The molecule has 166 valence electrons. The van der Waals surface area contributed by atoms with Crippen molar-refractivity contribution in [2.45, 2.75) is 90.9 Å². The average molecular weight is 433 g/mol. The predicted molar refractivity (Wildman–Crippen MR) is 128 cm³/mol. The summed E-state index contributed by atoms with van der Waals surface area (Å²) < 4.78 is 29.6. The molecule has 0 unspecified atom stereocenters. The third kappa shape index (κ3) is 12.1. The van der Waals surface area contributed by atoms with Gasteiger partial charge in [-0.1, -0.05) is 71.1 Å². The maximum absolute atomic E-state index is 10.5. The Kier molecular flexibility index (Phi) is 15.1. The summed E-state index contributed by atoms with van der Waals surface area (Å²) in [5, 5.41) is 0. The van der Waals surface area contributed by atoms with Gasteiger partial charge in [-0.25, -0.2) is 10.0 Å². The van der Waals surface area contributed by atoms with E-state index in [9.17, 15) is 8.42 Å². The molecule has 0 bridgehead atoms. The molecule has 3 nitrogen and oxygen atoms in total. The van der Waals surface area contributed by atoms with Gasteiger partial charge in [-0.15, -0.1) is 0 Å². The summed E-state index contributed by atoms with van der Waals surface area (Å²) >= 11 is 0. The lowest BCUT2D eigenvalue weighted by molar-refractivity contribution is 0.483. The van der Waals surface area contributed by atoms with Crippen LogP contribution in [0.25, 0.3) is 0 Å². The normalized spacial score (nSPS) is 12.4. The fourth-order valence-electron chi connectivity index (χ4n) is 3.12. The highest BCUT2D eigenvalue weighted by atomic mass is 32.3. The van der Waals surface area contributed by atoms with Gasteiger partial charge >= 0.3 is 0 Å². The summed E-state index contributed by atoms with van der Waals surface area (Å²) in [6.07, 6.45) is 11.5. The number of aryl methyl sites for hydroxylation is 1. The van der Waals surface area contributed by atoms with E-state index in [1.54, 1.807) is 35.1 Å². The largest absolute Gasteiger partial charge is 0.294 e. The first kappa shape index (κ1) is 27.5. The molecule has 0 radical (unpaired) electrons. The minimum atomic E-state index is -4.02. The van der Waals surface area contributed by atoms with Crippen LogP contribution in [0, 0.1) is 6.92 Å². The molecule has 28 heavy (non-hydrogen) atoms. The zero-order chi connectivity index (χ0) is 21.5. The van der Waals surface area contributed by atoms with Crippen molar-refractivity contribution < 1.29 is 13.0 Å². The van der Waals surface area contributed by atoms with Crippen LogP contribution in [0.15, 0.2) is 29.2 Å². The second-order valence-corrected chi connectivity index (χ2v) is 13.2. The second kappa shape index (κ2) is 15.3. The molecule has 0 aromatic heterocycles. The van der Waals surface area contributed by atoms with E-state index in [0.717, 1.165) is 5.56 Å². The maximum Gasteiger partial charge on any atom is 0.294 e. The van der Waals surface area contributed by atoms with E-state index in [1.807, 2.05) is 6.92 Å². The molecule has 0 fully saturated rings. The van der Waals surface area contributed by atoms with Gasteiger partial charge in [0.05, 0.1) is 4.90 Å². The van der Waals surface area contributed by atoms with Crippen molar-refractivity contribution in [2.24, 2.45) is 0 Å². The van der Waals surface area contributed by atoms with E-state index >= 15 is 0 Å². The standard InChI is InChI=1S/C16H36S.C7H8O3S/c1-5-9-13-17(14-10-6-2,15-11-7-3)16-12-8-4;1-6-2-4-7(5-3-6)11(8,9)10/h5-16H2,1-4H3;2-5H,1H3,(H,8,9,10). The zero-order valence-electron chi connectivity index (χ0n) is 18.9. The smallest absolute Gasteiger partial charge is 0.282 e. The molecule has 0 aliphatic carbocycles. The van der Waals surface area contributed by atoms with E-state index in [4.69, 9.17) is 4.55 Å². The summed E-state index contributed by atoms with van der Waals surface area (Å²) in [6.45, 7) is 11.2. The molecule has 0 amide bonds. The molecule has 1 rings (SSSR count). The average Bonchev–Trinajstić information content (AvgIpc) is 2.67. The third-order valence-corrected chi connectivity index (χ3v) is 10.5. The van der Waals surface area contributed by atoms with E-state index in [2.05, 4.69) is 27.7 Å². The van der Waals surface area contributed by atoms with Gasteiger partial charge in [0, 0.05) is 0 Å². The van der Waals surface area contributed by atoms with Crippen LogP contribution in [0.2, 0.25) is 0 Å². The van der Waals surface area contributed by atoms with Crippen LogP contribution in [0.3, 0.4) is 0 Å². The van der Waals surface area contributed by atoms with Crippen molar-refractivity contribution >= 4 is 20.1 Å². The Bertz CT molecular complexity index is 557. The van der Waals surface area contributed by atoms with E-state index in [1.165, 1.54) is 63.5 Å². The SMILES string of the molecule is CCCCS(CCCC)(CCCC)CCCC.Cc1ccc(S(=O)(=O)O)cc1. The molecule has 0 saturated heterocycles. The van der Waals surface area contributed by atoms with Gasteiger partial charge in [-0.3, -0.25) is 4.55 Å². The zero-order valence-corrected chi connectivity index (χ0v) is 20.5. The number of unbranched alkanes of at least 4 members (excludes halogenated alkanes) is 4. The van der Waals surface area contributed by atoms with E-state index < -0.39 is 10.1 Å². The molecule has 0 atom stereocenters. The number of benzene rings is 1. The van der Waals surface area contributed by atoms with Gasteiger partial charge in [-0.2, -0.15) is 8.42 Å². The maximum atomic E-state index is 10.5. The first-order valence-corrected chi connectivity index (χ1v) is 14.8. The van der Waals surface area contributed by atoms with Crippen molar-refractivity contribution in [1.82, 2.24) is 0 Å². The number of hydrogen-bond donors (Lipinski definition) is 1. The first-order chi connectivity index (χ1) is 13.2. The predicted octanol–water partition coefficient (Wildman–Crippen LogP) is 7.23. The fourth-order valence-corrected chi connectivity index (χ4v) is 8.43. The Morgan fingerprint density at radius 2 is 1.00 bits per heavy atom. The van der Waals surface area contributed by atoms with Gasteiger partial charge in [0.25, 0.3) is 10.1 Å². The van der Waals surface area contributed by atoms with E-state index in [-0.39, 0.29) is 14.9 Å². The summed E-state index contributed by atoms with van der Waals surface area (Å²) in [5.74, 6) is 6.29. The summed E-state index contributed by atoms with van der Waals surface area (Å²) in [5.41, 5.74) is 0.956. The monoisotopic (exact) mass is 432 g/mol. The van der Waals surface area contributed by atoms with Crippen molar-refractivity contribution in [2.75, 3.05) is 23.0 Å². The first-order valence-electron chi connectivity index (χ1n) is 11.0. The molecule has 0 heterocycles. The summed E-state index contributed by atoms with van der Waals surface area (Å²) in [4.78, 5) is -0.0666. The minimum absolute atomic E-state index is 0.0666. The number of rotatable bonds is 13. The lowest BCUT2D eigenvalue weighted by Crippen LogP contribution is -2.18. The topological polar surface area (TPSA) is 54.4 Å². The van der Waals surface area contributed by atoms with Gasteiger partial charge in [-0.05, 0) is 67.8 Å². The molecule has 0 aliphatic heterocycles. The van der Waals surface area contributed by atoms with Crippen LogP contribution >= 0.6 is 10.0 Å². The quantitative estimate of drug-likeness (QED) is 0.334. The lowest BCUT2D eigenvalue weighted by atomic mass is 10.2. The molecule has 5 heteroatoms. The molecular weight excluding hydrogens is 388 g/mol. The molecule has 0 spiro atoms. The minimum Gasteiger partial charge on any atom is -0.282 e. The molecular formula is C23H44O3S2. The lowest BCUT2D eigenvalue weighted by Gasteiger charge is -2.41. The Morgan fingerprint density at radius 3 is 1.25 bits per heavy atom.